The van der Waals surface area contributed by atoms with Gasteiger partial charge in [-0.15, -0.1) is 0 Å². The molecule has 25 heavy (non-hydrogen) atoms. The second-order valence-electron chi connectivity index (χ2n) is 6.74. The molecule has 0 radical (unpaired) electrons. The fourth-order valence-corrected chi connectivity index (χ4v) is 3.38. The number of benzene rings is 2. The Kier molecular flexibility index (Phi) is 3.90. The molecule has 4 nitrogen and oxygen atoms in total. The smallest absolute Gasteiger partial charge is 0.256 e. The van der Waals surface area contributed by atoms with E-state index < -0.39 is 5.82 Å². The highest BCUT2D eigenvalue weighted by Crippen LogP contribution is 2.24. The minimum atomic E-state index is -0.399. The highest BCUT2D eigenvalue weighted by molar-refractivity contribution is 5.87. The minimum absolute atomic E-state index is 0.199. The van der Waals surface area contributed by atoms with E-state index in [1.54, 1.807) is 6.92 Å². The van der Waals surface area contributed by atoms with Crippen molar-refractivity contribution in [3.8, 4) is 11.3 Å². The van der Waals surface area contributed by atoms with Crippen LogP contribution in [0.25, 0.3) is 22.0 Å². The van der Waals surface area contributed by atoms with Gasteiger partial charge in [0.25, 0.3) is 5.56 Å². The molecular formula is C20H19FN2O2. The monoisotopic (exact) mass is 338 g/mol. The highest BCUT2D eigenvalue weighted by Gasteiger charge is 2.23. The number of likely N-dealkylation sites (tertiary alicyclic amines) is 1. The normalized spacial score (nSPS) is 15.5. The first-order valence-corrected chi connectivity index (χ1v) is 8.32. The number of hydrogen-bond donors (Lipinski definition) is 2. The van der Waals surface area contributed by atoms with Gasteiger partial charge in [0, 0.05) is 25.3 Å². The number of aryl methyl sites for hydroxylation is 1. The molecule has 2 aromatic carbocycles. The molecule has 0 atom stereocenters. The Balaban J connectivity index is 1.66. The molecule has 1 saturated heterocycles. The molecule has 4 rings (SSSR count). The zero-order valence-electron chi connectivity index (χ0n) is 13.9. The van der Waals surface area contributed by atoms with Gasteiger partial charge in [0.15, 0.2) is 0 Å². The first-order chi connectivity index (χ1) is 12.0. The molecule has 0 aliphatic carbocycles. The van der Waals surface area contributed by atoms with Crippen LogP contribution in [0.4, 0.5) is 4.39 Å². The number of nitrogens with zero attached hydrogens (tertiary/aromatic N) is 1. The Hall–Kier alpha value is -2.50. The van der Waals surface area contributed by atoms with Crippen LogP contribution in [0.3, 0.4) is 0 Å². The van der Waals surface area contributed by atoms with Crippen molar-refractivity contribution in [3.63, 3.8) is 0 Å². The predicted molar refractivity (Wildman–Crippen MR) is 96.0 cm³/mol. The number of β-amino-alcohol motifs (C(OH)–C–C–N with tert-alkyl or cyclic N) is 1. The summed E-state index contributed by atoms with van der Waals surface area (Å²) in [5, 5.41) is 10.5. The molecular weight excluding hydrogens is 319 g/mol. The Morgan fingerprint density at radius 2 is 1.88 bits per heavy atom. The number of fused-ring (bicyclic) bond motifs is 1. The van der Waals surface area contributed by atoms with Gasteiger partial charge in [-0.3, -0.25) is 9.69 Å². The van der Waals surface area contributed by atoms with Crippen LogP contribution in [0.2, 0.25) is 0 Å². The molecule has 5 heteroatoms. The summed E-state index contributed by atoms with van der Waals surface area (Å²) in [5.41, 5.74) is 3.26. The van der Waals surface area contributed by atoms with Gasteiger partial charge in [-0.1, -0.05) is 24.3 Å². The summed E-state index contributed by atoms with van der Waals surface area (Å²) in [6.07, 6.45) is -0.199. The molecule has 128 valence electrons. The van der Waals surface area contributed by atoms with Crippen LogP contribution in [0.15, 0.2) is 47.3 Å². The van der Waals surface area contributed by atoms with Crippen molar-refractivity contribution in [2.24, 2.45) is 0 Å². The number of hydrogen-bond acceptors (Lipinski definition) is 3. The van der Waals surface area contributed by atoms with Gasteiger partial charge in [0.1, 0.15) is 5.82 Å². The number of aromatic amines is 1. The van der Waals surface area contributed by atoms with Crippen molar-refractivity contribution < 1.29 is 9.50 Å². The Morgan fingerprint density at radius 3 is 2.56 bits per heavy atom. The van der Waals surface area contributed by atoms with Gasteiger partial charge >= 0.3 is 0 Å². The number of aliphatic hydroxyl groups excluding tert-OH is 1. The second-order valence-corrected chi connectivity index (χ2v) is 6.74. The van der Waals surface area contributed by atoms with Crippen LogP contribution >= 0.6 is 0 Å². The number of H-pyrrole nitrogens is 1. The Bertz CT molecular complexity index is 989. The first-order valence-electron chi connectivity index (χ1n) is 8.32. The minimum Gasteiger partial charge on any atom is -0.390 e. The van der Waals surface area contributed by atoms with E-state index in [1.807, 2.05) is 30.3 Å². The number of aliphatic hydroxyl groups is 1. The van der Waals surface area contributed by atoms with Gasteiger partial charge in [-0.05, 0) is 47.2 Å². The average Bonchev–Trinajstić information content (AvgIpc) is 2.55. The van der Waals surface area contributed by atoms with Crippen molar-refractivity contribution in [2.75, 3.05) is 13.1 Å². The quantitative estimate of drug-likeness (QED) is 0.772. The molecule has 1 aromatic heterocycles. The maximum absolute atomic E-state index is 13.5. The van der Waals surface area contributed by atoms with Crippen molar-refractivity contribution in [1.29, 1.82) is 0 Å². The zero-order chi connectivity index (χ0) is 17.6. The molecule has 0 bridgehead atoms. The predicted octanol–water partition coefficient (Wildman–Crippen LogP) is 2.82. The topological polar surface area (TPSA) is 56.3 Å². The van der Waals surface area contributed by atoms with E-state index in [4.69, 9.17) is 0 Å². The number of nitrogens with one attached hydrogen (secondary N) is 1. The van der Waals surface area contributed by atoms with Gasteiger partial charge in [0.05, 0.1) is 11.5 Å². The van der Waals surface area contributed by atoms with Gasteiger partial charge in [-0.25, -0.2) is 4.39 Å². The SMILES string of the molecule is Cc1cc(F)cc2c(=O)[nH]c(-c3ccc(CN4CC(O)C4)cc3)cc12. The van der Waals surface area contributed by atoms with Crippen LogP contribution < -0.4 is 5.56 Å². The molecule has 0 saturated carbocycles. The number of halogens is 1. The summed E-state index contributed by atoms with van der Waals surface area (Å²) in [6.45, 7) is 4.05. The average molecular weight is 338 g/mol. The lowest BCUT2D eigenvalue weighted by atomic mass is 10.0. The third kappa shape index (κ3) is 3.08. The Labute approximate surface area is 144 Å². The van der Waals surface area contributed by atoms with Crippen LogP contribution in [0.5, 0.6) is 0 Å². The van der Waals surface area contributed by atoms with E-state index in [9.17, 15) is 14.3 Å². The Morgan fingerprint density at radius 1 is 1.16 bits per heavy atom. The number of aromatic nitrogens is 1. The van der Waals surface area contributed by atoms with Crippen molar-refractivity contribution >= 4 is 10.8 Å². The van der Waals surface area contributed by atoms with E-state index in [1.165, 1.54) is 12.1 Å². The molecule has 0 spiro atoms. The number of pyridine rings is 1. The lowest BCUT2D eigenvalue weighted by molar-refractivity contribution is -0.00286. The van der Waals surface area contributed by atoms with Gasteiger partial charge in [-0.2, -0.15) is 0 Å². The summed E-state index contributed by atoms with van der Waals surface area (Å²) in [7, 11) is 0. The van der Waals surface area contributed by atoms with Crippen LogP contribution in [-0.4, -0.2) is 34.2 Å². The van der Waals surface area contributed by atoms with E-state index in [-0.39, 0.29) is 11.7 Å². The van der Waals surface area contributed by atoms with Crippen molar-refractivity contribution in [2.45, 2.75) is 19.6 Å². The summed E-state index contributed by atoms with van der Waals surface area (Å²) in [4.78, 5) is 17.3. The fourth-order valence-electron chi connectivity index (χ4n) is 3.38. The third-order valence-corrected chi connectivity index (χ3v) is 4.74. The van der Waals surface area contributed by atoms with E-state index in [0.717, 1.165) is 47.4 Å². The van der Waals surface area contributed by atoms with E-state index in [0.29, 0.717) is 5.39 Å². The standard InChI is InChI=1S/C20H19FN2O2/c1-12-6-15(21)7-18-17(12)8-19(22-20(18)25)14-4-2-13(3-5-14)9-23-10-16(24)11-23/h2-8,16,24H,9-11H2,1H3,(H,22,25). The maximum Gasteiger partial charge on any atom is 0.256 e. The van der Waals surface area contributed by atoms with Crippen LogP contribution in [0.1, 0.15) is 11.1 Å². The highest BCUT2D eigenvalue weighted by atomic mass is 19.1. The molecule has 3 aromatic rings. The molecule has 0 unspecified atom stereocenters. The molecule has 2 heterocycles. The molecule has 1 aliphatic rings. The number of rotatable bonds is 3. The summed E-state index contributed by atoms with van der Waals surface area (Å²) >= 11 is 0. The van der Waals surface area contributed by atoms with Crippen LogP contribution in [0, 0.1) is 12.7 Å². The van der Waals surface area contributed by atoms with Crippen molar-refractivity contribution in [1.82, 2.24) is 9.88 Å². The van der Waals surface area contributed by atoms with Crippen molar-refractivity contribution in [3.05, 3.63) is 69.8 Å². The van der Waals surface area contributed by atoms with E-state index in [2.05, 4.69) is 9.88 Å². The lowest BCUT2D eigenvalue weighted by Crippen LogP contribution is -2.49. The summed E-state index contributed by atoms with van der Waals surface area (Å²) in [5.74, 6) is -0.399. The lowest BCUT2D eigenvalue weighted by Gasteiger charge is -2.35. The summed E-state index contributed by atoms with van der Waals surface area (Å²) < 4.78 is 13.5. The van der Waals surface area contributed by atoms with E-state index >= 15 is 0 Å². The second kappa shape index (κ2) is 6.10. The zero-order valence-corrected chi connectivity index (χ0v) is 13.9. The molecule has 0 amide bonds. The van der Waals surface area contributed by atoms with Gasteiger partial charge in [0.2, 0.25) is 0 Å². The molecule has 2 N–H and O–H groups in total. The van der Waals surface area contributed by atoms with Crippen LogP contribution in [-0.2, 0) is 6.54 Å². The maximum atomic E-state index is 13.5. The van der Waals surface area contributed by atoms with Gasteiger partial charge < -0.3 is 10.1 Å². The molecule has 1 aliphatic heterocycles. The summed E-state index contributed by atoms with van der Waals surface area (Å²) in [6, 6.07) is 12.6. The third-order valence-electron chi connectivity index (χ3n) is 4.74. The largest absolute Gasteiger partial charge is 0.390 e. The first kappa shape index (κ1) is 16.0. The fraction of sp³-hybridized carbons (Fsp3) is 0.250. The molecule has 1 fully saturated rings.